The first-order valence-corrected chi connectivity index (χ1v) is 6.81. The zero-order valence-corrected chi connectivity index (χ0v) is 14.5. The molecule has 0 heterocycles. The normalized spacial score (nSPS) is 11.1. The van der Waals surface area contributed by atoms with Crippen LogP contribution in [0.5, 0.6) is 0 Å². The molecule has 1 aromatic carbocycles. The molecule has 0 saturated carbocycles. The Labute approximate surface area is 134 Å². The van der Waals surface area contributed by atoms with Gasteiger partial charge in [0.25, 0.3) is 0 Å². The smallest absolute Gasteiger partial charge is 0.191 e. The van der Waals surface area contributed by atoms with Crippen LogP contribution in [0, 0.1) is 0 Å². The lowest BCUT2D eigenvalue weighted by molar-refractivity contribution is 0.696. The molecule has 0 amide bonds. The Morgan fingerprint density at radius 3 is 2.47 bits per heavy atom. The first-order valence-electron chi connectivity index (χ1n) is 6.81. The number of benzene rings is 1. The molecule has 0 fully saturated rings. The summed E-state index contributed by atoms with van der Waals surface area (Å²) in [4.78, 5) is 4.56. The molecule has 0 aliphatic heterocycles. The summed E-state index contributed by atoms with van der Waals surface area (Å²) in [7, 11) is 0. The van der Waals surface area contributed by atoms with Gasteiger partial charge in [0, 0.05) is 19.1 Å². The number of halogens is 1. The summed E-state index contributed by atoms with van der Waals surface area (Å²) in [5.74, 6) is 0.917. The number of guanidine groups is 1. The Kier molecular flexibility index (Phi) is 10.6. The van der Waals surface area contributed by atoms with E-state index in [2.05, 4.69) is 66.7 Å². The van der Waals surface area contributed by atoms with Crippen molar-refractivity contribution in [3.8, 4) is 0 Å². The highest BCUT2D eigenvalue weighted by Crippen LogP contribution is 2.02. The molecule has 3 nitrogen and oxygen atoms in total. The van der Waals surface area contributed by atoms with Crippen molar-refractivity contribution in [1.82, 2.24) is 10.6 Å². The molecular formula is C15H26IN3. The van der Waals surface area contributed by atoms with E-state index in [1.54, 1.807) is 0 Å². The van der Waals surface area contributed by atoms with E-state index >= 15 is 0 Å². The first kappa shape index (κ1) is 18.2. The van der Waals surface area contributed by atoms with Crippen molar-refractivity contribution in [2.45, 2.75) is 39.7 Å². The molecule has 4 heteroatoms. The maximum atomic E-state index is 4.56. The summed E-state index contributed by atoms with van der Waals surface area (Å²) < 4.78 is 0. The van der Waals surface area contributed by atoms with Gasteiger partial charge in [0.2, 0.25) is 0 Å². The second-order valence-electron chi connectivity index (χ2n) is 4.65. The molecule has 0 bridgehead atoms. The van der Waals surface area contributed by atoms with Gasteiger partial charge < -0.3 is 10.6 Å². The molecule has 2 N–H and O–H groups in total. The number of aryl methyl sites for hydroxylation is 1. The molecule has 0 atom stereocenters. The van der Waals surface area contributed by atoms with Crippen LogP contribution in [0.4, 0.5) is 0 Å². The minimum Gasteiger partial charge on any atom is -0.357 e. The van der Waals surface area contributed by atoms with E-state index in [4.69, 9.17) is 0 Å². The van der Waals surface area contributed by atoms with Crippen molar-refractivity contribution in [3.05, 3.63) is 35.9 Å². The van der Waals surface area contributed by atoms with Crippen LogP contribution in [0.25, 0.3) is 0 Å². The number of nitrogens with one attached hydrogen (secondary N) is 2. The predicted octanol–water partition coefficient (Wildman–Crippen LogP) is 3.20. The Morgan fingerprint density at radius 2 is 1.89 bits per heavy atom. The molecule has 19 heavy (non-hydrogen) atoms. The second kappa shape index (κ2) is 11.1. The van der Waals surface area contributed by atoms with Gasteiger partial charge in [0.1, 0.15) is 0 Å². The number of nitrogens with zero attached hydrogens (tertiary/aromatic N) is 1. The van der Waals surface area contributed by atoms with Gasteiger partial charge in [0.05, 0.1) is 0 Å². The Bertz CT molecular complexity index is 350. The van der Waals surface area contributed by atoms with Crippen LogP contribution in [-0.2, 0) is 6.42 Å². The van der Waals surface area contributed by atoms with Gasteiger partial charge in [-0.25, -0.2) is 0 Å². The minimum absolute atomic E-state index is 0. The highest BCUT2D eigenvalue weighted by atomic mass is 127. The lowest BCUT2D eigenvalue weighted by Crippen LogP contribution is -2.41. The zero-order valence-electron chi connectivity index (χ0n) is 12.1. The third-order valence-corrected chi connectivity index (χ3v) is 2.51. The summed E-state index contributed by atoms with van der Waals surface area (Å²) in [5, 5.41) is 6.57. The van der Waals surface area contributed by atoms with Crippen molar-refractivity contribution >= 4 is 29.9 Å². The van der Waals surface area contributed by atoms with Gasteiger partial charge in [-0.05, 0) is 39.2 Å². The maximum Gasteiger partial charge on any atom is 0.191 e. The minimum atomic E-state index is 0. The predicted molar refractivity (Wildman–Crippen MR) is 94.4 cm³/mol. The quantitative estimate of drug-likeness (QED) is 0.347. The van der Waals surface area contributed by atoms with E-state index < -0.39 is 0 Å². The highest BCUT2D eigenvalue weighted by molar-refractivity contribution is 14.0. The fourth-order valence-electron chi connectivity index (χ4n) is 1.71. The van der Waals surface area contributed by atoms with Gasteiger partial charge in [0.15, 0.2) is 5.96 Å². The van der Waals surface area contributed by atoms with Crippen LogP contribution in [0.1, 0.15) is 32.8 Å². The molecule has 0 saturated heterocycles. The second-order valence-corrected chi connectivity index (χ2v) is 4.65. The van der Waals surface area contributed by atoms with Gasteiger partial charge >= 0.3 is 0 Å². The third-order valence-electron chi connectivity index (χ3n) is 2.51. The summed E-state index contributed by atoms with van der Waals surface area (Å²) in [6.45, 7) is 8.09. The fraction of sp³-hybridized carbons (Fsp3) is 0.533. The van der Waals surface area contributed by atoms with Crippen LogP contribution in [0.3, 0.4) is 0 Å². The summed E-state index contributed by atoms with van der Waals surface area (Å²) in [6.07, 6.45) is 2.17. The molecule has 0 unspecified atom stereocenters. The number of rotatable bonds is 6. The molecule has 0 aliphatic carbocycles. The van der Waals surface area contributed by atoms with Crippen LogP contribution >= 0.6 is 24.0 Å². The number of hydrogen-bond donors (Lipinski definition) is 2. The average Bonchev–Trinajstić information content (AvgIpc) is 2.35. The largest absolute Gasteiger partial charge is 0.357 e. The van der Waals surface area contributed by atoms with Crippen LogP contribution in [0.15, 0.2) is 35.3 Å². The zero-order chi connectivity index (χ0) is 13.2. The van der Waals surface area contributed by atoms with Crippen LogP contribution < -0.4 is 10.6 Å². The SMILES string of the molecule is CCNC(=NCCCc1ccccc1)NC(C)C.I. The van der Waals surface area contributed by atoms with E-state index in [1.165, 1.54) is 5.56 Å². The van der Waals surface area contributed by atoms with Crippen molar-refractivity contribution < 1.29 is 0 Å². The van der Waals surface area contributed by atoms with Crippen molar-refractivity contribution in [3.63, 3.8) is 0 Å². The summed E-state index contributed by atoms with van der Waals surface area (Å²) in [6, 6.07) is 11.0. The third kappa shape index (κ3) is 8.86. The fourth-order valence-corrected chi connectivity index (χ4v) is 1.71. The van der Waals surface area contributed by atoms with Gasteiger partial charge in [-0.15, -0.1) is 24.0 Å². The lowest BCUT2D eigenvalue weighted by atomic mass is 10.1. The molecule has 1 aromatic rings. The Hall–Kier alpha value is -0.780. The first-order chi connectivity index (χ1) is 8.72. The summed E-state index contributed by atoms with van der Waals surface area (Å²) in [5.41, 5.74) is 1.38. The molecule has 108 valence electrons. The summed E-state index contributed by atoms with van der Waals surface area (Å²) >= 11 is 0. The molecule has 0 radical (unpaired) electrons. The lowest BCUT2D eigenvalue weighted by Gasteiger charge is -2.13. The standard InChI is InChI=1S/C15H25N3.HI/c1-4-16-15(18-13(2)3)17-12-8-11-14-9-6-5-7-10-14;/h5-7,9-10,13H,4,8,11-12H2,1-3H3,(H2,16,17,18);1H. The number of hydrogen-bond acceptors (Lipinski definition) is 1. The van der Waals surface area contributed by atoms with Crippen molar-refractivity contribution in [1.29, 1.82) is 0 Å². The van der Waals surface area contributed by atoms with Gasteiger partial charge in [-0.1, -0.05) is 30.3 Å². The Balaban J connectivity index is 0.00000324. The molecule has 0 spiro atoms. The number of aliphatic imine (C=N–C) groups is 1. The van der Waals surface area contributed by atoms with E-state index in [0.717, 1.165) is 31.9 Å². The highest BCUT2D eigenvalue weighted by Gasteiger charge is 1.98. The van der Waals surface area contributed by atoms with Crippen LogP contribution in [0.2, 0.25) is 0 Å². The maximum absolute atomic E-state index is 4.56. The van der Waals surface area contributed by atoms with Gasteiger partial charge in [-0.3, -0.25) is 4.99 Å². The van der Waals surface area contributed by atoms with E-state index in [1.807, 2.05) is 0 Å². The molecule has 0 aliphatic rings. The van der Waals surface area contributed by atoms with E-state index in [0.29, 0.717) is 6.04 Å². The van der Waals surface area contributed by atoms with Crippen LogP contribution in [-0.4, -0.2) is 25.1 Å². The van der Waals surface area contributed by atoms with Crippen molar-refractivity contribution in [2.75, 3.05) is 13.1 Å². The van der Waals surface area contributed by atoms with E-state index in [9.17, 15) is 0 Å². The Morgan fingerprint density at radius 1 is 1.21 bits per heavy atom. The molecule has 1 rings (SSSR count). The molecular weight excluding hydrogens is 349 g/mol. The molecule has 0 aromatic heterocycles. The average molecular weight is 375 g/mol. The topological polar surface area (TPSA) is 36.4 Å². The van der Waals surface area contributed by atoms with Crippen molar-refractivity contribution in [2.24, 2.45) is 4.99 Å². The van der Waals surface area contributed by atoms with Gasteiger partial charge in [-0.2, -0.15) is 0 Å². The van der Waals surface area contributed by atoms with E-state index in [-0.39, 0.29) is 24.0 Å². The monoisotopic (exact) mass is 375 g/mol.